The van der Waals surface area contributed by atoms with Crippen LogP contribution in [0.1, 0.15) is 32.4 Å². The minimum Gasteiger partial charge on any atom is -0.503 e. The summed E-state index contributed by atoms with van der Waals surface area (Å²) in [6, 6.07) is 2.55. The Balaban J connectivity index is 3.07. The Labute approximate surface area is 122 Å². The molecule has 0 heterocycles. The molecule has 0 aromatic heterocycles. The lowest BCUT2D eigenvalue weighted by Gasteiger charge is -2.20. The summed E-state index contributed by atoms with van der Waals surface area (Å²) in [6.07, 6.45) is -2.16. The Hall–Kier alpha value is -2.02. The number of nitrogens with one attached hydrogen (secondary N) is 1. The van der Waals surface area contributed by atoms with Gasteiger partial charge in [-0.1, -0.05) is 0 Å². The van der Waals surface area contributed by atoms with E-state index in [0.717, 1.165) is 0 Å². The number of rotatable bonds is 4. The summed E-state index contributed by atoms with van der Waals surface area (Å²) in [5, 5.41) is 21.8. The Morgan fingerprint density at radius 3 is 2.52 bits per heavy atom. The smallest absolute Gasteiger partial charge is 0.412 e. The van der Waals surface area contributed by atoms with Crippen molar-refractivity contribution in [3.8, 4) is 11.5 Å². The third kappa shape index (κ3) is 4.78. The number of aromatic hydroxyl groups is 1. The average Bonchev–Trinajstić information content (AvgIpc) is 2.37. The highest BCUT2D eigenvalue weighted by atomic mass is 19.1. The van der Waals surface area contributed by atoms with Crippen molar-refractivity contribution in [2.45, 2.75) is 32.5 Å². The Kier molecular flexibility index (Phi) is 5.37. The lowest BCUT2D eigenvalue weighted by atomic mass is 10.1. The number of hydrogen-bond donors (Lipinski definition) is 3. The Morgan fingerprint density at radius 1 is 1.43 bits per heavy atom. The maximum atomic E-state index is 12.6. The first-order valence-electron chi connectivity index (χ1n) is 6.33. The van der Waals surface area contributed by atoms with Crippen LogP contribution in [-0.4, -0.2) is 35.7 Å². The number of anilines is 1. The molecule has 118 valence electrons. The standard InChI is InChI=1S/C14H20FNO5/c1-14(2,3)21-13(19)16-9-5-8(10(17)7-15)6-11(20-4)12(9)18/h5-6,10,17-18H,7H2,1-4H3,(H,16,19). The van der Waals surface area contributed by atoms with Gasteiger partial charge in [0.25, 0.3) is 0 Å². The van der Waals surface area contributed by atoms with Crippen molar-refractivity contribution in [2.75, 3.05) is 19.1 Å². The first kappa shape index (κ1) is 17.0. The van der Waals surface area contributed by atoms with Gasteiger partial charge in [-0.3, -0.25) is 5.32 Å². The summed E-state index contributed by atoms with van der Waals surface area (Å²) in [5.74, 6) is -0.329. The van der Waals surface area contributed by atoms with Crippen LogP contribution in [0, 0.1) is 0 Å². The van der Waals surface area contributed by atoms with E-state index in [1.54, 1.807) is 20.8 Å². The molecule has 0 fully saturated rings. The SMILES string of the molecule is COc1cc(C(O)CF)cc(NC(=O)OC(C)(C)C)c1O. The van der Waals surface area contributed by atoms with E-state index >= 15 is 0 Å². The van der Waals surface area contributed by atoms with Gasteiger partial charge in [0.2, 0.25) is 0 Å². The first-order valence-corrected chi connectivity index (χ1v) is 6.33. The summed E-state index contributed by atoms with van der Waals surface area (Å²) in [5.41, 5.74) is -0.579. The van der Waals surface area contributed by atoms with Gasteiger partial charge in [0, 0.05) is 0 Å². The second-order valence-corrected chi connectivity index (χ2v) is 5.42. The van der Waals surface area contributed by atoms with Crippen LogP contribution in [-0.2, 0) is 4.74 Å². The summed E-state index contributed by atoms with van der Waals surface area (Å²) in [4.78, 5) is 11.7. The second kappa shape index (κ2) is 6.62. The predicted octanol–water partition coefficient (Wildman–Crippen LogP) is 2.75. The third-order valence-electron chi connectivity index (χ3n) is 2.48. The predicted molar refractivity (Wildman–Crippen MR) is 75.5 cm³/mol. The molecule has 0 bridgehead atoms. The normalized spacial score (nSPS) is 12.7. The van der Waals surface area contributed by atoms with Crippen LogP contribution in [0.5, 0.6) is 11.5 Å². The fraction of sp³-hybridized carbons (Fsp3) is 0.500. The van der Waals surface area contributed by atoms with Crippen molar-refractivity contribution in [3.05, 3.63) is 17.7 Å². The van der Waals surface area contributed by atoms with E-state index in [4.69, 9.17) is 9.47 Å². The molecule has 6 nitrogen and oxygen atoms in total. The molecule has 7 heteroatoms. The molecule has 3 N–H and O–H groups in total. The zero-order chi connectivity index (χ0) is 16.2. The number of phenols is 1. The van der Waals surface area contributed by atoms with E-state index < -0.39 is 24.5 Å². The maximum absolute atomic E-state index is 12.6. The largest absolute Gasteiger partial charge is 0.503 e. The van der Waals surface area contributed by atoms with Crippen molar-refractivity contribution < 1.29 is 28.9 Å². The number of amides is 1. The molecule has 0 aliphatic carbocycles. The number of phenolic OH excluding ortho intramolecular Hbond substituents is 1. The number of carbonyl (C=O) groups excluding carboxylic acids is 1. The molecular weight excluding hydrogens is 281 g/mol. The molecule has 0 spiro atoms. The van der Waals surface area contributed by atoms with Crippen LogP contribution in [0.25, 0.3) is 0 Å². The summed E-state index contributed by atoms with van der Waals surface area (Å²) >= 11 is 0. The van der Waals surface area contributed by atoms with E-state index in [9.17, 15) is 19.4 Å². The number of hydrogen-bond acceptors (Lipinski definition) is 5. The number of halogens is 1. The minimum absolute atomic E-state index is 0.00561. The van der Waals surface area contributed by atoms with Crippen molar-refractivity contribution in [2.24, 2.45) is 0 Å². The summed E-state index contributed by atoms with van der Waals surface area (Å²) in [6.45, 7) is 4.07. The quantitative estimate of drug-likeness (QED) is 0.744. The molecule has 1 aromatic carbocycles. The number of benzene rings is 1. The molecule has 0 saturated carbocycles. The van der Waals surface area contributed by atoms with Crippen LogP contribution in [0.4, 0.5) is 14.9 Å². The number of carbonyl (C=O) groups is 1. The lowest BCUT2D eigenvalue weighted by Crippen LogP contribution is -2.27. The Morgan fingerprint density at radius 2 is 2.05 bits per heavy atom. The van der Waals surface area contributed by atoms with E-state index in [2.05, 4.69) is 5.32 Å². The van der Waals surface area contributed by atoms with Crippen molar-refractivity contribution >= 4 is 11.8 Å². The van der Waals surface area contributed by atoms with Crippen LogP contribution < -0.4 is 10.1 Å². The Bertz CT molecular complexity index is 513. The van der Waals surface area contributed by atoms with E-state index in [1.807, 2.05) is 0 Å². The molecule has 21 heavy (non-hydrogen) atoms. The highest BCUT2D eigenvalue weighted by Crippen LogP contribution is 2.37. The van der Waals surface area contributed by atoms with Crippen LogP contribution in [0.15, 0.2) is 12.1 Å². The van der Waals surface area contributed by atoms with Gasteiger partial charge in [0.15, 0.2) is 11.5 Å². The molecule has 1 amide bonds. The maximum Gasteiger partial charge on any atom is 0.412 e. The van der Waals surface area contributed by atoms with Gasteiger partial charge in [-0.15, -0.1) is 0 Å². The fourth-order valence-corrected chi connectivity index (χ4v) is 1.58. The zero-order valence-corrected chi connectivity index (χ0v) is 12.4. The van der Waals surface area contributed by atoms with Crippen molar-refractivity contribution in [3.63, 3.8) is 0 Å². The molecule has 0 aliphatic heterocycles. The van der Waals surface area contributed by atoms with Crippen LogP contribution in [0.2, 0.25) is 0 Å². The average molecular weight is 301 g/mol. The van der Waals surface area contributed by atoms with E-state index in [1.165, 1.54) is 19.2 Å². The fourth-order valence-electron chi connectivity index (χ4n) is 1.58. The second-order valence-electron chi connectivity index (χ2n) is 5.42. The lowest BCUT2D eigenvalue weighted by molar-refractivity contribution is 0.0635. The van der Waals surface area contributed by atoms with Crippen molar-refractivity contribution in [1.82, 2.24) is 0 Å². The molecule has 0 aliphatic rings. The highest BCUT2D eigenvalue weighted by molar-refractivity contribution is 5.88. The van der Waals surface area contributed by atoms with E-state index in [0.29, 0.717) is 0 Å². The molecule has 0 radical (unpaired) electrons. The zero-order valence-electron chi connectivity index (χ0n) is 12.4. The summed E-state index contributed by atoms with van der Waals surface area (Å²) in [7, 11) is 1.30. The van der Waals surface area contributed by atoms with Crippen LogP contribution in [0.3, 0.4) is 0 Å². The number of methoxy groups -OCH3 is 1. The van der Waals surface area contributed by atoms with Gasteiger partial charge in [0.1, 0.15) is 18.4 Å². The third-order valence-corrected chi connectivity index (χ3v) is 2.48. The number of ether oxygens (including phenoxy) is 2. The number of alkyl halides is 1. The number of aliphatic hydroxyl groups excluding tert-OH is 1. The van der Waals surface area contributed by atoms with Gasteiger partial charge in [-0.2, -0.15) is 0 Å². The topological polar surface area (TPSA) is 88.0 Å². The number of aliphatic hydroxyl groups is 1. The molecule has 1 atom stereocenters. The van der Waals surface area contributed by atoms with Gasteiger partial charge in [-0.05, 0) is 38.5 Å². The van der Waals surface area contributed by atoms with Gasteiger partial charge >= 0.3 is 6.09 Å². The monoisotopic (exact) mass is 301 g/mol. The van der Waals surface area contributed by atoms with Crippen molar-refractivity contribution in [1.29, 1.82) is 0 Å². The van der Waals surface area contributed by atoms with Gasteiger partial charge in [-0.25, -0.2) is 9.18 Å². The molecule has 0 saturated heterocycles. The molecule has 1 unspecified atom stereocenters. The highest BCUT2D eigenvalue weighted by Gasteiger charge is 2.20. The summed E-state index contributed by atoms with van der Waals surface area (Å²) < 4.78 is 22.5. The molecule has 1 rings (SSSR count). The van der Waals surface area contributed by atoms with Gasteiger partial charge < -0.3 is 19.7 Å². The molecule has 1 aromatic rings. The van der Waals surface area contributed by atoms with E-state index in [-0.39, 0.29) is 22.7 Å². The molecular formula is C14H20FNO5. The van der Waals surface area contributed by atoms with Gasteiger partial charge in [0.05, 0.1) is 12.8 Å². The first-order chi connectivity index (χ1) is 9.67. The minimum atomic E-state index is -1.38. The van der Waals surface area contributed by atoms with Crippen LogP contribution >= 0.6 is 0 Å².